The Morgan fingerprint density at radius 3 is 2.83 bits per heavy atom. The summed E-state index contributed by atoms with van der Waals surface area (Å²) >= 11 is 7.26. The molecule has 7 heteroatoms. The third-order valence-electron chi connectivity index (χ3n) is 6.48. The van der Waals surface area contributed by atoms with Crippen molar-refractivity contribution in [2.75, 3.05) is 25.0 Å². The first-order chi connectivity index (χ1) is 14.7. The van der Waals surface area contributed by atoms with Gasteiger partial charge in [0.25, 0.3) is 0 Å². The number of thiophene rings is 1. The molecule has 0 radical (unpaired) electrons. The first kappa shape index (κ1) is 19.7. The van der Waals surface area contributed by atoms with Gasteiger partial charge in [0.15, 0.2) is 5.11 Å². The molecule has 5 nitrogen and oxygen atoms in total. The third-order valence-corrected chi connectivity index (χ3v) is 7.62. The molecule has 1 aromatic carbocycles. The molecule has 5 heterocycles. The summed E-state index contributed by atoms with van der Waals surface area (Å²) in [6.45, 7) is 3.19. The van der Waals surface area contributed by atoms with Crippen LogP contribution in [-0.2, 0) is 7.05 Å². The second-order valence-electron chi connectivity index (χ2n) is 8.30. The summed E-state index contributed by atoms with van der Waals surface area (Å²) < 4.78 is 2.10. The van der Waals surface area contributed by atoms with Crippen molar-refractivity contribution in [2.45, 2.75) is 24.8 Å². The van der Waals surface area contributed by atoms with Crippen molar-refractivity contribution < 1.29 is 0 Å². The molecule has 3 fully saturated rings. The van der Waals surface area contributed by atoms with E-state index in [1.807, 2.05) is 30.3 Å². The van der Waals surface area contributed by atoms with Gasteiger partial charge in [-0.3, -0.25) is 9.58 Å². The number of rotatable bonds is 5. The summed E-state index contributed by atoms with van der Waals surface area (Å²) in [5.74, 6) is 1.28. The molecule has 3 saturated heterocycles. The number of piperidine rings is 3. The molecule has 2 N–H and O–H groups in total. The Hall–Kier alpha value is -2.22. The van der Waals surface area contributed by atoms with Crippen LogP contribution in [0.25, 0.3) is 10.6 Å². The smallest absolute Gasteiger partial charge is 0.170 e. The molecule has 3 aliphatic rings. The Morgan fingerprint density at radius 2 is 2.10 bits per heavy atom. The number of para-hydroxylation sites is 1. The van der Waals surface area contributed by atoms with Crippen molar-refractivity contribution in [3.05, 3.63) is 59.6 Å². The Morgan fingerprint density at radius 1 is 1.23 bits per heavy atom. The molecule has 0 amide bonds. The van der Waals surface area contributed by atoms with Gasteiger partial charge in [0.1, 0.15) is 5.69 Å². The highest BCUT2D eigenvalue weighted by Gasteiger charge is 2.41. The van der Waals surface area contributed by atoms with Gasteiger partial charge in [-0.25, -0.2) is 0 Å². The molecule has 30 heavy (non-hydrogen) atoms. The number of aromatic nitrogens is 2. The largest absolute Gasteiger partial charge is 0.361 e. The summed E-state index contributed by atoms with van der Waals surface area (Å²) in [6, 6.07) is 17.2. The van der Waals surface area contributed by atoms with Crippen LogP contribution in [0.1, 0.15) is 24.5 Å². The first-order valence-corrected chi connectivity index (χ1v) is 11.9. The fourth-order valence-corrected chi connectivity index (χ4v) is 5.85. The van der Waals surface area contributed by atoms with Crippen LogP contribution in [0.5, 0.6) is 0 Å². The van der Waals surface area contributed by atoms with Gasteiger partial charge in [0.05, 0.1) is 4.88 Å². The first-order valence-electron chi connectivity index (χ1n) is 10.6. The number of benzene rings is 1. The van der Waals surface area contributed by atoms with E-state index in [0.29, 0.717) is 23.0 Å². The van der Waals surface area contributed by atoms with E-state index in [1.54, 1.807) is 11.3 Å². The van der Waals surface area contributed by atoms with Gasteiger partial charge in [-0.15, -0.1) is 11.3 Å². The highest BCUT2D eigenvalue weighted by atomic mass is 32.1. The average molecular weight is 438 g/mol. The summed E-state index contributed by atoms with van der Waals surface area (Å²) in [7, 11) is 2.09. The monoisotopic (exact) mass is 437 g/mol. The van der Waals surface area contributed by atoms with Crippen molar-refractivity contribution in [3.8, 4) is 10.6 Å². The molecule has 0 saturated carbocycles. The molecular formula is C23H27N5S2. The number of fused-ring (bicyclic) bond motifs is 3. The van der Waals surface area contributed by atoms with E-state index in [0.717, 1.165) is 24.5 Å². The maximum Gasteiger partial charge on any atom is 0.170 e. The van der Waals surface area contributed by atoms with Crippen LogP contribution in [0, 0.1) is 5.92 Å². The van der Waals surface area contributed by atoms with Crippen LogP contribution in [0.4, 0.5) is 5.69 Å². The molecule has 2 aromatic heterocycles. The number of hydrogen-bond acceptors (Lipinski definition) is 4. The van der Waals surface area contributed by atoms with Gasteiger partial charge in [-0.2, -0.15) is 5.10 Å². The van der Waals surface area contributed by atoms with E-state index in [-0.39, 0.29) is 0 Å². The van der Waals surface area contributed by atoms with Gasteiger partial charge in [0.2, 0.25) is 0 Å². The molecule has 4 atom stereocenters. The van der Waals surface area contributed by atoms with E-state index in [2.05, 4.69) is 50.8 Å². The van der Waals surface area contributed by atoms with Crippen molar-refractivity contribution in [1.82, 2.24) is 20.0 Å². The minimum Gasteiger partial charge on any atom is -0.361 e. The highest BCUT2D eigenvalue weighted by Crippen LogP contribution is 2.42. The summed E-state index contributed by atoms with van der Waals surface area (Å²) in [5.41, 5.74) is 3.51. The number of nitrogens with one attached hydrogen (secondary N) is 2. The van der Waals surface area contributed by atoms with E-state index in [4.69, 9.17) is 17.3 Å². The average Bonchev–Trinajstić information content (AvgIpc) is 3.43. The zero-order valence-electron chi connectivity index (χ0n) is 17.1. The molecule has 3 aliphatic heterocycles. The normalized spacial score (nSPS) is 25.2. The van der Waals surface area contributed by atoms with Gasteiger partial charge in [-0.05, 0) is 67.2 Å². The lowest BCUT2D eigenvalue weighted by Crippen LogP contribution is -2.56. The highest BCUT2D eigenvalue weighted by molar-refractivity contribution is 7.80. The second-order valence-corrected chi connectivity index (χ2v) is 9.65. The Labute approximate surface area is 187 Å². The number of thiocarbonyl (C=S) groups is 1. The lowest BCUT2D eigenvalue weighted by molar-refractivity contribution is 0.0303. The molecule has 2 bridgehead atoms. The zero-order chi connectivity index (χ0) is 20.5. The maximum atomic E-state index is 5.50. The van der Waals surface area contributed by atoms with Crippen LogP contribution in [0.2, 0.25) is 0 Å². The van der Waals surface area contributed by atoms with Crippen molar-refractivity contribution in [3.63, 3.8) is 0 Å². The fourth-order valence-electron chi connectivity index (χ4n) is 4.97. The SMILES string of the molecule is Cn1nc(-c2cccs2)cc1C1CN2CCC1CC2CNC(=S)Nc1ccccc1. The third kappa shape index (κ3) is 4.02. The Kier molecular flexibility index (Phi) is 5.58. The summed E-state index contributed by atoms with van der Waals surface area (Å²) in [4.78, 5) is 3.89. The predicted molar refractivity (Wildman–Crippen MR) is 128 cm³/mol. The zero-order valence-corrected chi connectivity index (χ0v) is 18.8. The van der Waals surface area contributed by atoms with Crippen molar-refractivity contribution in [1.29, 1.82) is 0 Å². The summed E-state index contributed by atoms with van der Waals surface area (Å²) in [6.07, 6.45) is 2.48. The van der Waals surface area contributed by atoms with Crippen LogP contribution < -0.4 is 10.6 Å². The topological polar surface area (TPSA) is 45.1 Å². The van der Waals surface area contributed by atoms with Gasteiger partial charge in [-0.1, -0.05) is 24.3 Å². The molecule has 3 aromatic rings. The second kappa shape index (κ2) is 8.49. The van der Waals surface area contributed by atoms with Crippen LogP contribution in [0.15, 0.2) is 53.9 Å². The van der Waals surface area contributed by atoms with Crippen molar-refractivity contribution >= 4 is 34.4 Å². The van der Waals surface area contributed by atoms with Crippen LogP contribution in [-0.4, -0.2) is 45.5 Å². The van der Waals surface area contributed by atoms with E-state index in [1.165, 1.54) is 30.0 Å². The van der Waals surface area contributed by atoms with Crippen LogP contribution >= 0.6 is 23.6 Å². The molecule has 6 rings (SSSR count). The fraction of sp³-hybridized carbons (Fsp3) is 0.391. The molecule has 0 spiro atoms. The molecule has 0 aliphatic carbocycles. The van der Waals surface area contributed by atoms with E-state index < -0.39 is 0 Å². The minimum absolute atomic E-state index is 0.542. The van der Waals surface area contributed by atoms with Gasteiger partial charge < -0.3 is 10.6 Å². The number of aryl methyl sites for hydroxylation is 1. The van der Waals surface area contributed by atoms with Gasteiger partial charge in [0, 0.05) is 43.5 Å². The van der Waals surface area contributed by atoms with Gasteiger partial charge >= 0.3 is 0 Å². The standard InChI is InChI=1S/C23H27N5S2/c1-27-21(13-20(26-27)22-8-5-11-30-22)19-15-28-10-9-16(19)12-18(28)14-24-23(29)25-17-6-3-2-4-7-17/h2-8,11,13,16,18-19H,9-10,12,14-15H2,1H3,(H2,24,25,29). The Balaban J connectivity index is 1.21. The number of hydrogen-bond donors (Lipinski definition) is 2. The predicted octanol–water partition coefficient (Wildman–Crippen LogP) is 4.31. The lowest BCUT2D eigenvalue weighted by Gasteiger charge is -2.50. The molecule has 156 valence electrons. The molecular weight excluding hydrogens is 410 g/mol. The quantitative estimate of drug-likeness (QED) is 0.582. The summed E-state index contributed by atoms with van der Waals surface area (Å²) in [5, 5.41) is 14.3. The maximum absolute atomic E-state index is 5.50. The van der Waals surface area contributed by atoms with E-state index in [9.17, 15) is 0 Å². The van der Waals surface area contributed by atoms with E-state index >= 15 is 0 Å². The molecule has 4 unspecified atom stereocenters. The number of nitrogens with zero attached hydrogens (tertiary/aromatic N) is 3. The lowest BCUT2D eigenvalue weighted by atomic mass is 9.74. The minimum atomic E-state index is 0.542. The Bertz CT molecular complexity index is 998. The number of anilines is 1. The van der Waals surface area contributed by atoms with Crippen LogP contribution in [0.3, 0.4) is 0 Å². The van der Waals surface area contributed by atoms with Crippen molar-refractivity contribution in [2.24, 2.45) is 13.0 Å².